The van der Waals surface area contributed by atoms with Crippen LogP contribution >= 0.6 is 0 Å². The van der Waals surface area contributed by atoms with E-state index >= 15 is 0 Å². The number of halogens is 1. The van der Waals surface area contributed by atoms with Gasteiger partial charge in [-0.25, -0.2) is 9.18 Å². The van der Waals surface area contributed by atoms with E-state index in [2.05, 4.69) is 4.98 Å². The van der Waals surface area contributed by atoms with Crippen molar-refractivity contribution in [3.05, 3.63) is 60.0 Å². The van der Waals surface area contributed by atoms with Gasteiger partial charge in [0.15, 0.2) is 0 Å². The van der Waals surface area contributed by atoms with Gasteiger partial charge in [0.05, 0.1) is 5.52 Å². The molecule has 2 aromatic carbocycles. The maximum absolute atomic E-state index is 13.6. The summed E-state index contributed by atoms with van der Waals surface area (Å²) < 4.78 is 19.2. The van der Waals surface area contributed by atoms with Crippen molar-refractivity contribution in [1.82, 2.24) is 4.98 Å². The van der Waals surface area contributed by atoms with Crippen molar-refractivity contribution >= 4 is 16.9 Å². The summed E-state index contributed by atoms with van der Waals surface area (Å²) in [4.78, 5) is 13.6. The molecule has 0 saturated heterocycles. The summed E-state index contributed by atoms with van der Waals surface area (Å²) in [6.07, 6.45) is 0. The van der Waals surface area contributed by atoms with E-state index in [1.54, 1.807) is 24.3 Å². The highest BCUT2D eigenvalue weighted by Crippen LogP contribution is 2.31. The molecule has 5 heteroatoms. The Morgan fingerprint density at radius 2 is 1.90 bits per heavy atom. The molecule has 0 aliphatic carbocycles. The third-order valence-electron chi connectivity index (χ3n) is 2.87. The predicted octanol–water partition coefficient (Wildman–Crippen LogP) is 3.80. The second-order valence-corrected chi connectivity index (χ2v) is 4.27. The minimum atomic E-state index is -1.10. The van der Waals surface area contributed by atoms with Gasteiger partial charge in [0.1, 0.15) is 23.0 Å². The molecule has 0 radical (unpaired) electrons. The van der Waals surface area contributed by atoms with Crippen LogP contribution in [0.1, 0.15) is 10.5 Å². The van der Waals surface area contributed by atoms with Gasteiger partial charge in [-0.05, 0) is 24.3 Å². The number of hydrogen-bond acceptors (Lipinski definition) is 2. The first-order valence-corrected chi connectivity index (χ1v) is 5.92. The number of para-hydroxylation sites is 1. The van der Waals surface area contributed by atoms with E-state index in [-0.39, 0.29) is 11.4 Å². The second-order valence-electron chi connectivity index (χ2n) is 4.27. The Morgan fingerprint density at radius 3 is 2.60 bits per heavy atom. The molecule has 0 aliphatic heterocycles. The molecule has 0 unspecified atom stereocenters. The lowest BCUT2D eigenvalue weighted by Crippen LogP contribution is -1.94. The average molecular weight is 271 g/mol. The molecular weight excluding hydrogens is 261 g/mol. The first kappa shape index (κ1) is 12.2. The summed E-state index contributed by atoms with van der Waals surface area (Å²) in [6.45, 7) is 0. The Bertz CT molecular complexity index is 780. The summed E-state index contributed by atoms with van der Waals surface area (Å²) in [6, 6.07) is 12.8. The normalized spacial score (nSPS) is 10.7. The topological polar surface area (TPSA) is 62.3 Å². The van der Waals surface area contributed by atoms with Crippen molar-refractivity contribution < 1.29 is 19.0 Å². The number of carboxylic acid groups (broad SMARTS) is 1. The van der Waals surface area contributed by atoms with Crippen molar-refractivity contribution in [3.63, 3.8) is 0 Å². The highest BCUT2D eigenvalue weighted by molar-refractivity contribution is 5.96. The van der Waals surface area contributed by atoms with Gasteiger partial charge in [0, 0.05) is 11.5 Å². The molecule has 0 spiro atoms. The van der Waals surface area contributed by atoms with Crippen LogP contribution in [0.4, 0.5) is 4.39 Å². The van der Waals surface area contributed by atoms with E-state index in [0.29, 0.717) is 16.7 Å². The molecule has 2 N–H and O–H groups in total. The van der Waals surface area contributed by atoms with Gasteiger partial charge >= 0.3 is 5.97 Å². The number of carbonyl (C=O) groups is 1. The zero-order chi connectivity index (χ0) is 14.1. The molecule has 20 heavy (non-hydrogen) atoms. The van der Waals surface area contributed by atoms with Crippen LogP contribution < -0.4 is 4.74 Å². The summed E-state index contributed by atoms with van der Waals surface area (Å²) >= 11 is 0. The number of aromatic amines is 1. The molecular formula is C15H10FNO3. The zero-order valence-electron chi connectivity index (χ0n) is 10.3. The van der Waals surface area contributed by atoms with E-state index in [1.807, 2.05) is 6.07 Å². The fourth-order valence-electron chi connectivity index (χ4n) is 1.99. The van der Waals surface area contributed by atoms with Crippen LogP contribution in [0.3, 0.4) is 0 Å². The van der Waals surface area contributed by atoms with E-state index in [4.69, 9.17) is 9.84 Å². The molecule has 1 heterocycles. The summed E-state index contributed by atoms with van der Waals surface area (Å²) in [5.74, 6) is -0.776. The third-order valence-corrected chi connectivity index (χ3v) is 2.87. The average Bonchev–Trinajstić information content (AvgIpc) is 2.84. The molecule has 0 fully saturated rings. The molecule has 1 aromatic heterocycles. The Kier molecular flexibility index (Phi) is 2.87. The van der Waals surface area contributed by atoms with Crippen LogP contribution in [0.25, 0.3) is 10.9 Å². The zero-order valence-corrected chi connectivity index (χ0v) is 10.3. The van der Waals surface area contributed by atoms with Crippen LogP contribution in [0.5, 0.6) is 11.5 Å². The van der Waals surface area contributed by atoms with E-state index in [0.717, 1.165) is 0 Å². The summed E-state index contributed by atoms with van der Waals surface area (Å²) in [7, 11) is 0. The van der Waals surface area contributed by atoms with E-state index < -0.39 is 11.8 Å². The summed E-state index contributed by atoms with van der Waals surface area (Å²) in [5, 5.41) is 9.49. The highest BCUT2D eigenvalue weighted by atomic mass is 19.1. The smallest absolute Gasteiger partial charge is 0.352 e. The van der Waals surface area contributed by atoms with Gasteiger partial charge in [-0.15, -0.1) is 0 Å². The number of carboxylic acids is 1. The third kappa shape index (κ3) is 2.21. The Hall–Kier alpha value is -2.82. The Morgan fingerprint density at radius 1 is 1.15 bits per heavy atom. The predicted molar refractivity (Wildman–Crippen MR) is 71.7 cm³/mol. The maximum atomic E-state index is 13.6. The van der Waals surface area contributed by atoms with Crippen molar-refractivity contribution in [2.45, 2.75) is 0 Å². The standard InChI is InChI=1S/C15H10FNO3/c16-9-6-12-11(8-13(17-12)15(18)19)14(7-9)20-10-4-2-1-3-5-10/h1-8,17H,(H,18,19). The number of ether oxygens (including phenoxy) is 1. The van der Waals surface area contributed by atoms with Crippen LogP contribution in [0.2, 0.25) is 0 Å². The molecule has 0 aliphatic rings. The minimum absolute atomic E-state index is 0.0106. The van der Waals surface area contributed by atoms with Gasteiger partial charge in [-0.3, -0.25) is 0 Å². The molecule has 0 saturated carbocycles. The van der Waals surface area contributed by atoms with E-state index in [1.165, 1.54) is 18.2 Å². The lowest BCUT2D eigenvalue weighted by atomic mass is 10.2. The molecule has 100 valence electrons. The van der Waals surface area contributed by atoms with E-state index in [9.17, 15) is 9.18 Å². The van der Waals surface area contributed by atoms with Gasteiger partial charge < -0.3 is 14.8 Å². The lowest BCUT2D eigenvalue weighted by molar-refractivity contribution is 0.0691. The molecule has 4 nitrogen and oxygen atoms in total. The van der Waals surface area contributed by atoms with Crippen molar-refractivity contribution in [1.29, 1.82) is 0 Å². The number of aromatic carboxylic acids is 1. The number of rotatable bonds is 3. The van der Waals surface area contributed by atoms with Crippen LogP contribution in [-0.4, -0.2) is 16.1 Å². The highest BCUT2D eigenvalue weighted by Gasteiger charge is 2.13. The number of nitrogens with one attached hydrogen (secondary N) is 1. The number of hydrogen-bond donors (Lipinski definition) is 2. The first-order valence-electron chi connectivity index (χ1n) is 5.92. The van der Waals surface area contributed by atoms with Crippen LogP contribution in [-0.2, 0) is 0 Å². The Labute approximate surface area is 113 Å². The number of aromatic nitrogens is 1. The fraction of sp³-hybridized carbons (Fsp3) is 0. The van der Waals surface area contributed by atoms with Crippen LogP contribution in [0.15, 0.2) is 48.5 Å². The monoisotopic (exact) mass is 271 g/mol. The second kappa shape index (κ2) is 4.70. The molecule has 3 aromatic rings. The SMILES string of the molecule is O=C(O)c1cc2c(Oc3ccccc3)cc(F)cc2[nH]1. The van der Waals surface area contributed by atoms with Gasteiger partial charge in [-0.1, -0.05) is 18.2 Å². The van der Waals surface area contributed by atoms with Gasteiger partial charge in [0.2, 0.25) is 0 Å². The van der Waals surface area contributed by atoms with Crippen LogP contribution in [0, 0.1) is 5.82 Å². The molecule has 3 rings (SSSR count). The van der Waals surface area contributed by atoms with Crippen molar-refractivity contribution in [2.75, 3.05) is 0 Å². The lowest BCUT2D eigenvalue weighted by Gasteiger charge is -2.06. The molecule has 0 atom stereocenters. The largest absolute Gasteiger partial charge is 0.477 e. The quantitative estimate of drug-likeness (QED) is 0.761. The Balaban J connectivity index is 2.11. The minimum Gasteiger partial charge on any atom is -0.477 e. The van der Waals surface area contributed by atoms with Crippen molar-refractivity contribution in [2.24, 2.45) is 0 Å². The number of fused-ring (bicyclic) bond motifs is 1. The van der Waals surface area contributed by atoms with Crippen molar-refractivity contribution in [3.8, 4) is 11.5 Å². The number of benzene rings is 2. The van der Waals surface area contributed by atoms with Gasteiger partial charge in [0.25, 0.3) is 0 Å². The fourth-order valence-corrected chi connectivity index (χ4v) is 1.99. The number of H-pyrrole nitrogens is 1. The summed E-state index contributed by atoms with van der Waals surface area (Å²) in [5.41, 5.74) is 0.372. The molecule has 0 bridgehead atoms. The molecule has 0 amide bonds. The van der Waals surface area contributed by atoms with Gasteiger partial charge in [-0.2, -0.15) is 0 Å². The maximum Gasteiger partial charge on any atom is 0.352 e. The first-order chi connectivity index (χ1) is 9.63.